The molecule has 0 spiro atoms. The lowest BCUT2D eigenvalue weighted by Gasteiger charge is -2.18. The Labute approximate surface area is 91.7 Å². The first-order valence-electron chi connectivity index (χ1n) is 5.41. The third-order valence-corrected chi connectivity index (χ3v) is 2.70. The molecular formula is C13H18O2. The van der Waals surface area contributed by atoms with E-state index in [-0.39, 0.29) is 0 Å². The predicted octanol–water partition coefficient (Wildman–Crippen LogP) is 2.48. The lowest BCUT2D eigenvalue weighted by Crippen LogP contribution is -2.25. The van der Waals surface area contributed by atoms with E-state index < -0.39 is 5.60 Å². The van der Waals surface area contributed by atoms with E-state index in [9.17, 15) is 4.79 Å². The monoisotopic (exact) mass is 206 g/mol. The van der Waals surface area contributed by atoms with Gasteiger partial charge in [-0.15, -0.1) is 0 Å². The fourth-order valence-corrected chi connectivity index (χ4v) is 1.51. The fourth-order valence-electron chi connectivity index (χ4n) is 1.51. The van der Waals surface area contributed by atoms with Gasteiger partial charge < -0.3 is 9.53 Å². The van der Waals surface area contributed by atoms with Crippen molar-refractivity contribution < 1.29 is 9.53 Å². The van der Waals surface area contributed by atoms with Crippen LogP contribution in [0.4, 0.5) is 0 Å². The van der Waals surface area contributed by atoms with E-state index in [1.807, 2.05) is 6.92 Å². The molecule has 1 aliphatic rings. The van der Waals surface area contributed by atoms with Gasteiger partial charge in [-0.1, -0.05) is 17.9 Å². The van der Waals surface area contributed by atoms with Crippen molar-refractivity contribution in [2.45, 2.75) is 44.6 Å². The average Bonchev–Trinajstić information content (AvgIpc) is 2.28. The molecule has 0 aromatic heterocycles. The molecule has 2 nitrogen and oxygen atoms in total. The number of hydrogen-bond donors (Lipinski definition) is 0. The van der Waals surface area contributed by atoms with Crippen molar-refractivity contribution >= 4 is 6.29 Å². The Bertz CT molecular complexity index is 306. The van der Waals surface area contributed by atoms with Crippen LogP contribution in [0.1, 0.15) is 39.0 Å². The molecule has 0 heterocycles. The third kappa shape index (κ3) is 3.89. The van der Waals surface area contributed by atoms with Gasteiger partial charge in [0.1, 0.15) is 11.9 Å². The predicted molar refractivity (Wildman–Crippen MR) is 60.4 cm³/mol. The van der Waals surface area contributed by atoms with Gasteiger partial charge in [0.2, 0.25) is 0 Å². The lowest BCUT2D eigenvalue weighted by atomic mass is 9.98. The number of carbonyl (C=O) groups excluding carboxylic acids is 1. The Kier molecular flexibility index (Phi) is 4.58. The van der Waals surface area contributed by atoms with E-state index >= 15 is 0 Å². The maximum absolute atomic E-state index is 10.5. The number of carbonyl (C=O) groups is 1. The molecule has 0 radical (unpaired) electrons. The van der Waals surface area contributed by atoms with Crippen molar-refractivity contribution in [3.8, 4) is 11.8 Å². The highest BCUT2D eigenvalue weighted by atomic mass is 16.5. The first-order valence-corrected chi connectivity index (χ1v) is 5.41. The molecule has 0 amide bonds. The van der Waals surface area contributed by atoms with Crippen molar-refractivity contribution in [1.82, 2.24) is 0 Å². The number of ether oxygens (including phenoxy) is 1. The van der Waals surface area contributed by atoms with E-state index in [2.05, 4.69) is 17.9 Å². The standard InChI is InChI=1S/C13H18O2/c1-13(15-2,10-11-14)9-8-12-6-4-3-5-7-12/h6,11H,3-5,7,10H2,1-2H3/t13-/m0/s1. The van der Waals surface area contributed by atoms with Gasteiger partial charge >= 0.3 is 0 Å². The molecule has 0 N–H and O–H groups in total. The van der Waals surface area contributed by atoms with E-state index in [1.54, 1.807) is 7.11 Å². The molecule has 82 valence electrons. The first-order chi connectivity index (χ1) is 7.20. The molecule has 1 rings (SSSR count). The van der Waals surface area contributed by atoms with Crippen molar-refractivity contribution in [3.63, 3.8) is 0 Å². The Morgan fingerprint density at radius 2 is 2.40 bits per heavy atom. The molecule has 0 saturated heterocycles. The van der Waals surface area contributed by atoms with Gasteiger partial charge in [-0.2, -0.15) is 0 Å². The van der Waals surface area contributed by atoms with Crippen LogP contribution in [-0.4, -0.2) is 19.0 Å². The number of methoxy groups -OCH3 is 1. The van der Waals surface area contributed by atoms with Crippen LogP contribution in [0.25, 0.3) is 0 Å². The second kappa shape index (κ2) is 5.72. The second-order valence-electron chi connectivity index (χ2n) is 4.03. The summed E-state index contributed by atoms with van der Waals surface area (Å²) in [6.07, 6.45) is 8.04. The van der Waals surface area contributed by atoms with Crippen LogP contribution in [-0.2, 0) is 9.53 Å². The number of rotatable bonds is 3. The molecule has 0 aromatic rings. The van der Waals surface area contributed by atoms with Gasteiger partial charge in [0, 0.05) is 13.5 Å². The summed E-state index contributed by atoms with van der Waals surface area (Å²) in [5.41, 5.74) is 0.565. The van der Waals surface area contributed by atoms with Gasteiger partial charge in [-0.05, 0) is 38.2 Å². The fraction of sp³-hybridized carbons (Fsp3) is 0.615. The van der Waals surface area contributed by atoms with Crippen LogP contribution in [0.3, 0.4) is 0 Å². The Morgan fingerprint density at radius 1 is 1.60 bits per heavy atom. The first kappa shape index (κ1) is 12.0. The molecule has 1 aliphatic carbocycles. The molecule has 0 unspecified atom stereocenters. The normalized spacial score (nSPS) is 19.5. The SMILES string of the molecule is CO[C@@](C)(C#CC1=CCCCC1)CC=O. The van der Waals surface area contributed by atoms with Gasteiger partial charge in [0.05, 0.1) is 0 Å². The zero-order chi connectivity index (χ0) is 11.1. The summed E-state index contributed by atoms with van der Waals surface area (Å²) >= 11 is 0. The molecule has 15 heavy (non-hydrogen) atoms. The molecule has 0 saturated carbocycles. The lowest BCUT2D eigenvalue weighted by molar-refractivity contribution is -0.111. The summed E-state index contributed by atoms with van der Waals surface area (Å²) in [5.74, 6) is 6.17. The van der Waals surface area contributed by atoms with E-state index in [0.717, 1.165) is 19.1 Å². The molecule has 0 bridgehead atoms. The highest BCUT2D eigenvalue weighted by Gasteiger charge is 2.19. The van der Waals surface area contributed by atoms with Gasteiger partial charge in [-0.25, -0.2) is 0 Å². The van der Waals surface area contributed by atoms with Crippen LogP contribution in [0.15, 0.2) is 11.6 Å². The molecule has 0 fully saturated rings. The topological polar surface area (TPSA) is 26.3 Å². The highest BCUT2D eigenvalue weighted by molar-refractivity contribution is 5.53. The van der Waals surface area contributed by atoms with Crippen LogP contribution in [0.2, 0.25) is 0 Å². The van der Waals surface area contributed by atoms with E-state index in [1.165, 1.54) is 18.4 Å². The summed E-state index contributed by atoms with van der Waals surface area (Å²) in [7, 11) is 1.59. The minimum Gasteiger partial charge on any atom is -0.365 e. The van der Waals surface area contributed by atoms with Crippen molar-refractivity contribution in [2.24, 2.45) is 0 Å². The van der Waals surface area contributed by atoms with Crippen molar-refractivity contribution in [1.29, 1.82) is 0 Å². The van der Waals surface area contributed by atoms with Crippen LogP contribution in [0.5, 0.6) is 0 Å². The maximum Gasteiger partial charge on any atom is 0.132 e. The zero-order valence-electron chi connectivity index (χ0n) is 9.51. The zero-order valence-corrected chi connectivity index (χ0v) is 9.51. The van der Waals surface area contributed by atoms with Gasteiger partial charge in [-0.3, -0.25) is 0 Å². The Hall–Kier alpha value is -1.07. The van der Waals surface area contributed by atoms with Crippen LogP contribution >= 0.6 is 0 Å². The smallest absolute Gasteiger partial charge is 0.132 e. The number of allylic oxidation sites excluding steroid dienone is 2. The largest absolute Gasteiger partial charge is 0.365 e. The quantitative estimate of drug-likeness (QED) is 0.524. The molecule has 2 heteroatoms. The summed E-state index contributed by atoms with van der Waals surface area (Å²) in [4.78, 5) is 10.5. The van der Waals surface area contributed by atoms with Crippen molar-refractivity contribution in [2.75, 3.05) is 7.11 Å². The maximum atomic E-state index is 10.5. The van der Waals surface area contributed by atoms with Crippen molar-refractivity contribution in [3.05, 3.63) is 11.6 Å². The summed E-state index contributed by atoms with van der Waals surface area (Å²) in [5, 5.41) is 0. The van der Waals surface area contributed by atoms with Crippen LogP contribution < -0.4 is 0 Å². The summed E-state index contributed by atoms with van der Waals surface area (Å²) in [6, 6.07) is 0. The molecule has 0 aliphatic heterocycles. The minimum absolute atomic E-state index is 0.323. The minimum atomic E-state index is -0.625. The molecule has 1 atom stereocenters. The Balaban J connectivity index is 2.68. The summed E-state index contributed by atoms with van der Waals surface area (Å²) in [6.45, 7) is 1.85. The third-order valence-electron chi connectivity index (χ3n) is 2.70. The van der Waals surface area contributed by atoms with Crippen LogP contribution in [0, 0.1) is 11.8 Å². The highest BCUT2D eigenvalue weighted by Crippen LogP contribution is 2.17. The Morgan fingerprint density at radius 3 is 2.93 bits per heavy atom. The van der Waals surface area contributed by atoms with E-state index in [4.69, 9.17) is 4.74 Å². The second-order valence-corrected chi connectivity index (χ2v) is 4.03. The molecular weight excluding hydrogens is 188 g/mol. The molecule has 0 aromatic carbocycles. The van der Waals surface area contributed by atoms with E-state index in [0.29, 0.717) is 6.42 Å². The average molecular weight is 206 g/mol. The summed E-state index contributed by atoms with van der Waals surface area (Å²) < 4.78 is 5.24. The van der Waals surface area contributed by atoms with Gasteiger partial charge in [0.25, 0.3) is 0 Å². The van der Waals surface area contributed by atoms with Gasteiger partial charge in [0.15, 0.2) is 0 Å². The number of hydrogen-bond acceptors (Lipinski definition) is 2. The number of aldehydes is 1.